The molecule has 1 fully saturated rings. The number of benzene rings is 1. The summed E-state index contributed by atoms with van der Waals surface area (Å²) in [6.07, 6.45) is 5.93. The van der Waals surface area contributed by atoms with Crippen molar-refractivity contribution in [2.75, 3.05) is 0 Å². The number of ketones is 1. The Balaban J connectivity index is 1.75. The summed E-state index contributed by atoms with van der Waals surface area (Å²) in [6.45, 7) is 4.21. The zero-order chi connectivity index (χ0) is 20.9. The highest BCUT2D eigenvalue weighted by Crippen LogP contribution is 2.53. The van der Waals surface area contributed by atoms with Gasteiger partial charge in [0.1, 0.15) is 11.7 Å². The normalized spacial score (nSPS) is 27.8. The Hall–Kier alpha value is -3.26. The van der Waals surface area contributed by atoms with E-state index in [4.69, 9.17) is 4.98 Å². The highest BCUT2D eigenvalue weighted by molar-refractivity contribution is 5.87. The Bertz CT molecular complexity index is 1150. The molecule has 2 aliphatic rings. The van der Waals surface area contributed by atoms with Crippen LogP contribution in [0.15, 0.2) is 54.9 Å². The van der Waals surface area contributed by atoms with Gasteiger partial charge in [0.25, 0.3) is 0 Å². The summed E-state index contributed by atoms with van der Waals surface area (Å²) < 4.78 is 2.26. The molecule has 0 radical (unpaired) electrons. The first-order valence-electron chi connectivity index (χ1n) is 10.6. The average molecular weight is 396 g/mol. The Morgan fingerprint density at radius 2 is 1.90 bits per heavy atom. The van der Waals surface area contributed by atoms with Gasteiger partial charge in [-0.25, -0.2) is 4.98 Å². The van der Waals surface area contributed by atoms with Crippen molar-refractivity contribution in [2.24, 2.45) is 17.8 Å². The number of carbonyl (C=O) groups excluding carboxylic acids is 1. The van der Waals surface area contributed by atoms with Crippen LogP contribution in [-0.2, 0) is 16.6 Å². The number of nitriles is 1. The average Bonchev–Trinajstić information content (AvgIpc) is 3.18. The van der Waals surface area contributed by atoms with Gasteiger partial charge in [-0.05, 0) is 49.4 Å². The number of fused-ring (bicyclic) bond motifs is 3. The third kappa shape index (κ3) is 2.64. The second-order valence-electron chi connectivity index (χ2n) is 8.78. The SMILES string of the molecule is C[C@@H]1C(=O)C(C#N)C[C@]2(C)c3nc(-c4ccncc4)n(-c4ccccc4)c3CC[C@@H]12. The fourth-order valence-corrected chi connectivity index (χ4v) is 5.68. The first-order chi connectivity index (χ1) is 14.5. The van der Waals surface area contributed by atoms with Gasteiger partial charge in [-0.2, -0.15) is 5.26 Å². The number of Topliss-reactive ketones (excluding diaryl/α,β-unsaturated/α-hetero) is 1. The van der Waals surface area contributed by atoms with Crippen LogP contribution in [0.1, 0.15) is 38.1 Å². The quantitative estimate of drug-likeness (QED) is 0.639. The van der Waals surface area contributed by atoms with Gasteiger partial charge >= 0.3 is 0 Å². The molecule has 0 saturated heterocycles. The minimum absolute atomic E-state index is 0.0975. The van der Waals surface area contributed by atoms with Crippen LogP contribution < -0.4 is 0 Å². The molecule has 5 rings (SSSR count). The highest BCUT2D eigenvalue weighted by Gasteiger charge is 2.53. The topological polar surface area (TPSA) is 71.6 Å². The van der Waals surface area contributed by atoms with E-state index in [9.17, 15) is 10.1 Å². The molecule has 30 heavy (non-hydrogen) atoms. The van der Waals surface area contributed by atoms with E-state index in [0.717, 1.165) is 35.6 Å². The number of hydrogen-bond acceptors (Lipinski definition) is 4. The van der Waals surface area contributed by atoms with E-state index in [1.807, 2.05) is 37.3 Å². The molecule has 5 nitrogen and oxygen atoms in total. The summed E-state index contributed by atoms with van der Waals surface area (Å²) in [7, 11) is 0. The van der Waals surface area contributed by atoms with Crippen LogP contribution in [-0.4, -0.2) is 20.3 Å². The minimum Gasteiger partial charge on any atom is -0.298 e. The first kappa shape index (κ1) is 18.7. The van der Waals surface area contributed by atoms with E-state index in [1.165, 1.54) is 5.69 Å². The predicted octanol–water partition coefficient (Wildman–Crippen LogP) is 4.50. The summed E-state index contributed by atoms with van der Waals surface area (Å²) >= 11 is 0. The fraction of sp³-hybridized carbons (Fsp3) is 0.360. The van der Waals surface area contributed by atoms with Gasteiger partial charge < -0.3 is 0 Å². The van der Waals surface area contributed by atoms with Crippen molar-refractivity contribution in [1.29, 1.82) is 5.26 Å². The number of nitrogens with zero attached hydrogens (tertiary/aromatic N) is 4. The van der Waals surface area contributed by atoms with Crippen LogP contribution in [0, 0.1) is 29.1 Å². The lowest BCUT2D eigenvalue weighted by atomic mass is 9.54. The van der Waals surface area contributed by atoms with Crippen LogP contribution >= 0.6 is 0 Å². The number of pyridine rings is 1. The number of aromatic nitrogens is 3. The van der Waals surface area contributed by atoms with Crippen molar-refractivity contribution >= 4 is 5.78 Å². The maximum absolute atomic E-state index is 12.7. The molecule has 1 aromatic carbocycles. The molecule has 2 aliphatic carbocycles. The number of rotatable bonds is 2. The summed E-state index contributed by atoms with van der Waals surface area (Å²) in [5, 5.41) is 9.64. The van der Waals surface area contributed by atoms with Crippen molar-refractivity contribution in [2.45, 2.75) is 38.5 Å². The molecular formula is C25H24N4O. The maximum atomic E-state index is 12.7. The molecule has 2 aromatic heterocycles. The van der Waals surface area contributed by atoms with Gasteiger partial charge in [0.2, 0.25) is 0 Å². The van der Waals surface area contributed by atoms with E-state index in [2.05, 4.69) is 34.7 Å². The molecular weight excluding hydrogens is 372 g/mol. The predicted molar refractivity (Wildman–Crippen MR) is 114 cm³/mol. The van der Waals surface area contributed by atoms with E-state index in [1.54, 1.807) is 12.4 Å². The van der Waals surface area contributed by atoms with Gasteiger partial charge in [0, 0.05) is 40.7 Å². The number of hydrogen-bond donors (Lipinski definition) is 0. The van der Waals surface area contributed by atoms with Crippen LogP contribution in [0.5, 0.6) is 0 Å². The molecule has 0 bridgehead atoms. The molecule has 0 spiro atoms. The lowest BCUT2D eigenvalue weighted by Gasteiger charge is -2.48. The zero-order valence-corrected chi connectivity index (χ0v) is 17.2. The van der Waals surface area contributed by atoms with E-state index < -0.39 is 5.92 Å². The maximum Gasteiger partial charge on any atom is 0.153 e. The van der Waals surface area contributed by atoms with Crippen LogP contribution in [0.4, 0.5) is 0 Å². The standard InChI is InChI=1S/C25H24N4O/c1-16-20-8-9-21-23(25(20,2)14-18(15-26)22(16)30)28-24(17-10-12-27-13-11-17)29(21)19-6-4-3-5-7-19/h3-7,10-13,16,18,20H,8-9,14H2,1-2H3/t16-,18?,20-,25-/m0/s1. The van der Waals surface area contributed by atoms with Crippen molar-refractivity contribution in [3.8, 4) is 23.1 Å². The monoisotopic (exact) mass is 396 g/mol. The molecule has 0 amide bonds. The highest BCUT2D eigenvalue weighted by atomic mass is 16.1. The molecule has 2 heterocycles. The van der Waals surface area contributed by atoms with Crippen molar-refractivity contribution in [3.05, 3.63) is 66.2 Å². The third-order valence-electron chi connectivity index (χ3n) is 7.16. The Kier molecular flexibility index (Phi) is 4.32. The van der Waals surface area contributed by atoms with Crippen molar-refractivity contribution in [3.63, 3.8) is 0 Å². The minimum atomic E-state index is -0.557. The molecule has 0 N–H and O–H groups in total. The van der Waals surface area contributed by atoms with Gasteiger partial charge in [0.15, 0.2) is 5.78 Å². The van der Waals surface area contributed by atoms with Crippen LogP contribution in [0.25, 0.3) is 17.1 Å². The lowest BCUT2D eigenvalue weighted by molar-refractivity contribution is -0.132. The first-order valence-corrected chi connectivity index (χ1v) is 10.6. The summed E-state index contributed by atoms with van der Waals surface area (Å²) in [5.74, 6) is 0.534. The Morgan fingerprint density at radius 1 is 1.17 bits per heavy atom. The second kappa shape index (κ2) is 6.91. The molecule has 1 saturated carbocycles. The zero-order valence-electron chi connectivity index (χ0n) is 17.2. The van der Waals surface area contributed by atoms with Gasteiger partial charge in [-0.15, -0.1) is 0 Å². The summed E-state index contributed by atoms with van der Waals surface area (Å²) in [6, 6.07) is 16.5. The van der Waals surface area contributed by atoms with Crippen molar-refractivity contribution < 1.29 is 4.79 Å². The van der Waals surface area contributed by atoms with Gasteiger partial charge in [-0.3, -0.25) is 14.3 Å². The summed E-state index contributed by atoms with van der Waals surface area (Å²) in [4.78, 5) is 22.1. The summed E-state index contributed by atoms with van der Waals surface area (Å²) in [5.41, 5.74) is 4.06. The molecule has 0 aliphatic heterocycles. The third-order valence-corrected chi connectivity index (χ3v) is 7.16. The van der Waals surface area contributed by atoms with Gasteiger partial charge in [-0.1, -0.05) is 32.0 Å². The molecule has 1 unspecified atom stereocenters. The molecule has 5 heteroatoms. The largest absolute Gasteiger partial charge is 0.298 e. The van der Waals surface area contributed by atoms with E-state index in [0.29, 0.717) is 6.42 Å². The molecule has 150 valence electrons. The van der Waals surface area contributed by atoms with E-state index in [-0.39, 0.29) is 23.0 Å². The Labute approximate surface area is 176 Å². The lowest BCUT2D eigenvalue weighted by Crippen LogP contribution is -2.50. The number of para-hydroxylation sites is 1. The van der Waals surface area contributed by atoms with Crippen LogP contribution in [0.2, 0.25) is 0 Å². The Morgan fingerprint density at radius 3 is 2.60 bits per heavy atom. The molecule has 4 atom stereocenters. The number of imidazole rings is 1. The smallest absolute Gasteiger partial charge is 0.153 e. The number of carbonyl (C=O) groups is 1. The molecule has 3 aromatic rings. The fourth-order valence-electron chi connectivity index (χ4n) is 5.68. The second-order valence-corrected chi connectivity index (χ2v) is 8.78. The van der Waals surface area contributed by atoms with Crippen LogP contribution in [0.3, 0.4) is 0 Å². The van der Waals surface area contributed by atoms with E-state index >= 15 is 0 Å². The van der Waals surface area contributed by atoms with Gasteiger partial charge in [0.05, 0.1) is 11.8 Å². The van der Waals surface area contributed by atoms with Crippen molar-refractivity contribution in [1.82, 2.24) is 14.5 Å².